The normalized spacial score (nSPS) is 24.0. The van der Waals surface area contributed by atoms with Crippen LogP contribution in [-0.2, 0) is 11.3 Å². The molecular formula is C17H26FNO2. The molecule has 0 radical (unpaired) electrons. The first-order valence-electron chi connectivity index (χ1n) is 7.88. The lowest BCUT2D eigenvalue weighted by atomic mass is 9.89. The van der Waals surface area contributed by atoms with E-state index < -0.39 is 6.10 Å². The Kier molecular flexibility index (Phi) is 6.61. The Morgan fingerprint density at radius 3 is 2.57 bits per heavy atom. The maximum Gasteiger partial charge on any atom is 0.123 e. The van der Waals surface area contributed by atoms with Gasteiger partial charge in [-0.3, -0.25) is 0 Å². The molecule has 0 saturated heterocycles. The number of aliphatic hydroxyl groups is 1. The zero-order chi connectivity index (χ0) is 15.1. The van der Waals surface area contributed by atoms with E-state index in [1.807, 2.05) is 0 Å². The number of benzene rings is 1. The Labute approximate surface area is 126 Å². The van der Waals surface area contributed by atoms with E-state index in [4.69, 9.17) is 4.74 Å². The summed E-state index contributed by atoms with van der Waals surface area (Å²) in [5.74, 6) is 0.584. The van der Waals surface area contributed by atoms with E-state index in [9.17, 15) is 9.50 Å². The monoisotopic (exact) mass is 295 g/mol. The molecule has 118 valence electrons. The van der Waals surface area contributed by atoms with Gasteiger partial charge in [-0.05, 0) is 49.3 Å². The van der Waals surface area contributed by atoms with Crippen molar-refractivity contribution in [3.8, 4) is 0 Å². The Morgan fingerprint density at radius 2 is 1.90 bits per heavy atom. The second-order valence-corrected chi connectivity index (χ2v) is 6.13. The van der Waals surface area contributed by atoms with Crippen LogP contribution in [0.15, 0.2) is 24.3 Å². The number of halogens is 1. The predicted molar refractivity (Wildman–Crippen MR) is 81.5 cm³/mol. The summed E-state index contributed by atoms with van der Waals surface area (Å²) in [6.45, 7) is 3.78. The molecule has 0 aromatic heterocycles. The maximum atomic E-state index is 12.8. The Balaban J connectivity index is 1.57. The third kappa shape index (κ3) is 6.12. The minimum absolute atomic E-state index is 0.228. The van der Waals surface area contributed by atoms with Crippen LogP contribution in [0.25, 0.3) is 0 Å². The number of hydrogen-bond donors (Lipinski definition) is 2. The first kappa shape index (κ1) is 16.4. The fourth-order valence-corrected chi connectivity index (χ4v) is 2.69. The highest BCUT2D eigenvalue weighted by molar-refractivity contribution is 5.15. The van der Waals surface area contributed by atoms with Crippen LogP contribution < -0.4 is 5.32 Å². The zero-order valence-electron chi connectivity index (χ0n) is 12.7. The lowest BCUT2D eigenvalue weighted by molar-refractivity contribution is -0.0278. The first-order valence-corrected chi connectivity index (χ1v) is 7.88. The summed E-state index contributed by atoms with van der Waals surface area (Å²) in [4.78, 5) is 0. The Hall–Kier alpha value is -0.970. The molecular weight excluding hydrogens is 269 g/mol. The smallest absolute Gasteiger partial charge is 0.123 e. The van der Waals surface area contributed by atoms with Crippen molar-refractivity contribution in [1.82, 2.24) is 5.32 Å². The average molecular weight is 295 g/mol. The topological polar surface area (TPSA) is 41.5 Å². The second-order valence-electron chi connectivity index (χ2n) is 6.13. The van der Waals surface area contributed by atoms with Crippen molar-refractivity contribution in [1.29, 1.82) is 0 Å². The van der Waals surface area contributed by atoms with Gasteiger partial charge in [-0.15, -0.1) is 0 Å². The minimum atomic E-state index is -0.496. The molecule has 1 aromatic rings. The van der Waals surface area contributed by atoms with Gasteiger partial charge in [0.15, 0.2) is 0 Å². The Bertz CT molecular complexity index is 402. The van der Waals surface area contributed by atoms with Crippen LogP contribution in [0.5, 0.6) is 0 Å². The van der Waals surface area contributed by atoms with Gasteiger partial charge in [0, 0.05) is 13.1 Å². The molecule has 1 atom stereocenters. The summed E-state index contributed by atoms with van der Waals surface area (Å²) in [5, 5.41) is 13.1. The highest BCUT2D eigenvalue weighted by atomic mass is 19.1. The third-order valence-corrected chi connectivity index (χ3v) is 4.11. The van der Waals surface area contributed by atoms with Crippen molar-refractivity contribution in [2.24, 2.45) is 5.92 Å². The molecule has 1 unspecified atom stereocenters. The van der Waals surface area contributed by atoms with Gasteiger partial charge in [-0.2, -0.15) is 0 Å². The van der Waals surface area contributed by atoms with E-state index >= 15 is 0 Å². The number of rotatable bonds is 7. The molecule has 0 amide bonds. The van der Waals surface area contributed by atoms with E-state index in [1.165, 1.54) is 25.0 Å². The van der Waals surface area contributed by atoms with Gasteiger partial charge in [-0.1, -0.05) is 19.1 Å². The van der Waals surface area contributed by atoms with Crippen molar-refractivity contribution >= 4 is 0 Å². The molecule has 1 aromatic carbocycles. The summed E-state index contributed by atoms with van der Waals surface area (Å²) in [7, 11) is 0. The summed E-state index contributed by atoms with van der Waals surface area (Å²) in [5.41, 5.74) is 1.01. The van der Waals surface area contributed by atoms with Crippen molar-refractivity contribution in [2.45, 2.75) is 51.4 Å². The molecule has 0 spiro atoms. The van der Waals surface area contributed by atoms with E-state index in [1.54, 1.807) is 12.1 Å². The number of ether oxygens (including phenoxy) is 1. The molecule has 2 N–H and O–H groups in total. The molecule has 0 heterocycles. The van der Waals surface area contributed by atoms with Crippen LogP contribution in [0.4, 0.5) is 4.39 Å². The van der Waals surface area contributed by atoms with Crippen molar-refractivity contribution in [2.75, 3.05) is 13.2 Å². The molecule has 1 saturated carbocycles. The lowest BCUT2D eigenvalue weighted by Crippen LogP contribution is -2.32. The fourth-order valence-electron chi connectivity index (χ4n) is 2.69. The summed E-state index contributed by atoms with van der Waals surface area (Å²) in [6.07, 6.45) is 4.48. The molecule has 2 rings (SSSR count). The molecule has 3 nitrogen and oxygen atoms in total. The molecule has 21 heavy (non-hydrogen) atoms. The van der Waals surface area contributed by atoms with Crippen LogP contribution in [0, 0.1) is 11.7 Å². The fraction of sp³-hybridized carbons (Fsp3) is 0.647. The average Bonchev–Trinajstić information content (AvgIpc) is 2.49. The van der Waals surface area contributed by atoms with Crippen molar-refractivity contribution in [3.63, 3.8) is 0 Å². The van der Waals surface area contributed by atoms with Gasteiger partial charge < -0.3 is 15.2 Å². The van der Waals surface area contributed by atoms with Crippen LogP contribution in [0.2, 0.25) is 0 Å². The van der Waals surface area contributed by atoms with Gasteiger partial charge in [0.05, 0.1) is 18.8 Å². The zero-order valence-corrected chi connectivity index (χ0v) is 12.7. The number of nitrogens with one attached hydrogen (secondary N) is 1. The third-order valence-electron chi connectivity index (χ3n) is 4.11. The Morgan fingerprint density at radius 1 is 1.24 bits per heavy atom. The van der Waals surface area contributed by atoms with E-state index in [2.05, 4.69) is 12.2 Å². The lowest BCUT2D eigenvalue weighted by Gasteiger charge is -2.27. The van der Waals surface area contributed by atoms with Gasteiger partial charge in [0.2, 0.25) is 0 Å². The summed E-state index contributed by atoms with van der Waals surface area (Å²) in [6, 6.07) is 6.38. The molecule has 0 bridgehead atoms. The molecule has 1 aliphatic carbocycles. The van der Waals surface area contributed by atoms with E-state index in [-0.39, 0.29) is 5.82 Å². The van der Waals surface area contributed by atoms with Crippen molar-refractivity contribution in [3.05, 3.63) is 35.6 Å². The quantitative estimate of drug-likeness (QED) is 0.813. The summed E-state index contributed by atoms with van der Waals surface area (Å²) < 4.78 is 18.5. The molecule has 0 aliphatic heterocycles. The minimum Gasteiger partial charge on any atom is -0.389 e. The molecule has 1 aliphatic rings. The van der Waals surface area contributed by atoms with E-state index in [0.29, 0.717) is 25.8 Å². The number of hydrogen-bond acceptors (Lipinski definition) is 3. The van der Waals surface area contributed by atoms with Crippen LogP contribution in [0.1, 0.15) is 38.2 Å². The first-order chi connectivity index (χ1) is 10.1. The van der Waals surface area contributed by atoms with E-state index in [0.717, 1.165) is 24.3 Å². The van der Waals surface area contributed by atoms with Gasteiger partial charge in [0.25, 0.3) is 0 Å². The SMILES string of the molecule is CC1CCC(OCC(O)CNCc2ccc(F)cc2)CC1. The molecule has 1 fully saturated rings. The van der Waals surface area contributed by atoms with Gasteiger partial charge in [-0.25, -0.2) is 4.39 Å². The number of aliphatic hydroxyl groups excluding tert-OH is 1. The predicted octanol–water partition coefficient (Wildman–Crippen LogP) is 2.87. The summed E-state index contributed by atoms with van der Waals surface area (Å²) >= 11 is 0. The second kappa shape index (κ2) is 8.47. The van der Waals surface area contributed by atoms with Crippen molar-refractivity contribution < 1.29 is 14.2 Å². The largest absolute Gasteiger partial charge is 0.389 e. The van der Waals surface area contributed by atoms with Gasteiger partial charge >= 0.3 is 0 Å². The highest BCUT2D eigenvalue weighted by Gasteiger charge is 2.19. The van der Waals surface area contributed by atoms with Crippen LogP contribution in [0.3, 0.4) is 0 Å². The highest BCUT2D eigenvalue weighted by Crippen LogP contribution is 2.25. The standard InChI is InChI=1S/C17H26FNO2/c1-13-2-8-17(9-3-13)21-12-16(20)11-19-10-14-4-6-15(18)7-5-14/h4-7,13,16-17,19-20H,2-3,8-12H2,1H3. The van der Waals surface area contributed by atoms with Gasteiger partial charge in [0.1, 0.15) is 5.82 Å². The molecule has 4 heteroatoms. The van der Waals surface area contributed by atoms with Crippen LogP contribution >= 0.6 is 0 Å². The maximum absolute atomic E-state index is 12.8. The van der Waals surface area contributed by atoms with Crippen LogP contribution in [-0.4, -0.2) is 30.5 Å².